The van der Waals surface area contributed by atoms with E-state index in [0.717, 1.165) is 24.9 Å². The summed E-state index contributed by atoms with van der Waals surface area (Å²) >= 11 is 0. The van der Waals surface area contributed by atoms with E-state index in [1.807, 2.05) is 6.07 Å². The van der Waals surface area contributed by atoms with Crippen LogP contribution in [-0.2, 0) is 0 Å². The fourth-order valence-corrected chi connectivity index (χ4v) is 2.69. The second-order valence-electron chi connectivity index (χ2n) is 6.00. The molecule has 1 unspecified atom stereocenters. The average Bonchev–Trinajstić information content (AvgIpc) is 3.38. The van der Waals surface area contributed by atoms with Crippen molar-refractivity contribution in [3.63, 3.8) is 0 Å². The number of carbonyl (C=O) groups is 2. The van der Waals surface area contributed by atoms with E-state index in [-0.39, 0.29) is 18.0 Å². The molecule has 1 atom stereocenters. The van der Waals surface area contributed by atoms with Crippen molar-refractivity contribution in [1.29, 1.82) is 0 Å². The van der Waals surface area contributed by atoms with Crippen LogP contribution in [0.2, 0.25) is 0 Å². The van der Waals surface area contributed by atoms with Gasteiger partial charge in [-0.1, -0.05) is 6.07 Å². The van der Waals surface area contributed by atoms with Crippen LogP contribution in [0.5, 0.6) is 0 Å². The summed E-state index contributed by atoms with van der Waals surface area (Å²) in [6, 6.07) is 7.08. The highest BCUT2D eigenvalue weighted by Gasteiger charge is 2.28. The van der Waals surface area contributed by atoms with Gasteiger partial charge in [0.1, 0.15) is 0 Å². The molecule has 3 amide bonds. The highest BCUT2D eigenvalue weighted by atomic mass is 16.2. The number of amides is 3. The lowest BCUT2D eigenvalue weighted by atomic mass is 10.1. The first-order valence-corrected chi connectivity index (χ1v) is 7.84. The second-order valence-corrected chi connectivity index (χ2v) is 6.00. The lowest BCUT2D eigenvalue weighted by Gasteiger charge is -2.27. The molecule has 118 valence electrons. The molecule has 2 aliphatic rings. The predicted octanol–water partition coefficient (Wildman–Crippen LogP) is 1.07. The van der Waals surface area contributed by atoms with E-state index in [9.17, 15) is 9.59 Å². The Balaban J connectivity index is 1.64. The van der Waals surface area contributed by atoms with Crippen LogP contribution in [0.15, 0.2) is 24.3 Å². The number of benzene rings is 1. The van der Waals surface area contributed by atoms with Gasteiger partial charge in [-0.3, -0.25) is 9.69 Å². The molecule has 1 aromatic rings. The molecule has 4 N–H and O–H groups in total. The molecule has 0 aromatic heterocycles. The zero-order chi connectivity index (χ0) is 15.5. The van der Waals surface area contributed by atoms with Gasteiger partial charge < -0.3 is 16.4 Å². The molecule has 0 bridgehead atoms. The van der Waals surface area contributed by atoms with Crippen LogP contribution in [-0.4, -0.2) is 37.6 Å². The fraction of sp³-hybridized carbons (Fsp3) is 0.500. The molecule has 1 aliphatic carbocycles. The van der Waals surface area contributed by atoms with E-state index < -0.39 is 0 Å². The van der Waals surface area contributed by atoms with Gasteiger partial charge in [0.05, 0.1) is 0 Å². The number of hydrogen-bond donors (Lipinski definition) is 3. The van der Waals surface area contributed by atoms with E-state index >= 15 is 0 Å². The van der Waals surface area contributed by atoms with Crippen molar-refractivity contribution in [1.82, 2.24) is 10.6 Å². The van der Waals surface area contributed by atoms with Crippen LogP contribution in [0.3, 0.4) is 0 Å². The molecule has 3 rings (SSSR count). The Morgan fingerprint density at radius 2 is 2.27 bits per heavy atom. The third-order valence-electron chi connectivity index (χ3n) is 4.23. The van der Waals surface area contributed by atoms with Crippen LogP contribution in [0, 0.1) is 5.92 Å². The van der Waals surface area contributed by atoms with E-state index in [1.165, 1.54) is 0 Å². The summed E-state index contributed by atoms with van der Waals surface area (Å²) < 4.78 is 0. The maximum atomic E-state index is 12.2. The number of carbonyl (C=O) groups excluding carboxylic acids is 2. The summed E-state index contributed by atoms with van der Waals surface area (Å²) in [6.07, 6.45) is 3.23. The maximum Gasteiger partial charge on any atom is 0.321 e. The van der Waals surface area contributed by atoms with Gasteiger partial charge in [-0.25, -0.2) is 4.79 Å². The summed E-state index contributed by atoms with van der Waals surface area (Å²) in [6.45, 7) is 1.87. The monoisotopic (exact) mass is 302 g/mol. The fourth-order valence-electron chi connectivity index (χ4n) is 2.69. The third kappa shape index (κ3) is 3.39. The minimum atomic E-state index is -0.143. The number of anilines is 1. The average molecular weight is 302 g/mol. The van der Waals surface area contributed by atoms with Gasteiger partial charge in [0.15, 0.2) is 0 Å². The van der Waals surface area contributed by atoms with Crippen molar-refractivity contribution in [3.8, 4) is 0 Å². The van der Waals surface area contributed by atoms with Gasteiger partial charge in [-0.2, -0.15) is 0 Å². The first-order valence-electron chi connectivity index (χ1n) is 7.84. The van der Waals surface area contributed by atoms with Gasteiger partial charge in [0, 0.05) is 36.9 Å². The molecule has 1 saturated heterocycles. The standard InChI is InChI=1S/C16H22N4O2/c17-14(11-5-6-11)10-19-15(21)12-3-1-4-13(9-12)20-8-2-7-18-16(20)22/h1,3-4,9,11,14H,2,5-8,10,17H2,(H,18,22)(H,19,21). The number of nitrogens with two attached hydrogens (primary N) is 1. The van der Waals surface area contributed by atoms with Gasteiger partial charge in [0.2, 0.25) is 0 Å². The minimum absolute atomic E-state index is 0.0417. The summed E-state index contributed by atoms with van der Waals surface area (Å²) in [5.74, 6) is 0.416. The summed E-state index contributed by atoms with van der Waals surface area (Å²) in [7, 11) is 0. The summed E-state index contributed by atoms with van der Waals surface area (Å²) in [5, 5.41) is 5.69. The molecule has 1 aromatic carbocycles. The first kappa shape index (κ1) is 14.8. The normalized spacial score (nSPS) is 19.5. The van der Waals surface area contributed by atoms with Crippen molar-refractivity contribution in [2.75, 3.05) is 24.5 Å². The van der Waals surface area contributed by atoms with Crippen LogP contribution in [0.1, 0.15) is 29.6 Å². The smallest absolute Gasteiger partial charge is 0.321 e. The molecule has 2 fully saturated rings. The Morgan fingerprint density at radius 3 is 3.00 bits per heavy atom. The van der Waals surface area contributed by atoms with Crippen LogP contribution in [0.25, 0.3) is 0 Å². The van der Waals surface area contributed by atoms with Gasteiger partial charge >= 0.3 is 6.03 Å². The van der Waals surface area contributed by atoms with Crippen molar-refractivity contribution < 1.29 is 9.59 Å². The Morgan fingerprint density at radius 1 is 1.45 bits per heavy atom. The van der Waals surface area contributed by atoms with Crippen molar-refractivity contribution in [2.45, 2.75) is 25.3 Å². The predicted molar refractivity (Wildman–Crippen MR) is 84.8 cm³/mol. The molecule has 0 spiro atoms. The topological polar surface area (TPSA) is 87.5 Å². The van der Waals surface area contributed by atoms with E-state index in [2.05, 4.69) is 10.6 Å². The number of hydrogen-bond acceptors (Lipinski definition) is 3. The SMILES string of the molecule is NC(CNC(=O)c1cccc(N2CCCNC2=O)c1)C1CC1. The number of urea groups is 1. The molecule has 22 heavy (non-hydrogen) atoms. The Bertz CT molecular complexity index is 571. The molecule has 6 nitrogen and oxygen atoms in total. The van der Waals surface area contributed by atoms with Crippen LogP contribution in [0.4, 0.5) is 10.5 Å². The maximum absolute atomic E-state index is 12.2. The molecule has 0 radical (unpaired) electrons. The number of nitrogens with one attached hydrogen (secondary N) is 2. The zero-order valence-electron chi connectivity index (χ0n) is 12.5. The second kappa shape index (κ2) is 6.36. The molecular formula is C16H22N4O2. The summed E-state index contributed by atoms with van der Waals surface area (Å²) in [4.78, 5) is 25.8. The molecule has 6 heteroatoms. The Hall–Kier alpha value is -2.08. The lowest BCUT2D eigenvalue weighted by molar-refractivity contribution is 0.0950. The van der Waals surface area contributed by atoms with Crippen molar-refractivity contribution in [2.24, 2.45) is 11.7 Å². The van der Waals surface area contributed by atoms with E-state index in [4.69, 9.17) is 5.73 Å². The minimum Gasteiger partial charge on any atom is -0.350 e. The van der Waals surface area contributed by atoms with Crippen LogP contribution < -0.4 is 21.3 Å². The number of nitrogens with zero attached hydrogens (tertiary/aromatic N) is 1. The summed E-state index contributed by atoms with van der Waals surface area (Å²) in [5.41, 5.74) is 7.30. The highest BCUT2D eigenvalue weighted by molar-refractivity contribution is 5.97. The van der Waals surface area contributed by atoms with Crippen molar-refractivity contribution >= 4 is 17.6 Å². The van der Waals surface area contributed by atoms with Crippen LogP contribution >= 0.6 is 0 Å². The lowest BCUT2D eigenvalue weighted by Crippen LogP contribution is -2.46. The van der Waals surface area contributed by atoms with Gasteiger partial charge in [-0.05, 0) is 43.4 Å². The highest BCUT2D eigenvalue weighted by Crippen LogP contribution is 2.31. The zero-order valence-corrected chi connectivity index (χ0v) is 12.5. The quantitative estimate of drug-likeness (QED) is 0.760. The first-order chi connectivity index (χ1) is 10.6. The molecular weight excluding hydrogens is 280 g/mol. The largest absolute Gasteiger partial charge is 0.350 e. The molecule has 1 saturated carbocycles. The van der Waals surface area contributed by atoms with Gasteiger partial charge in [-0.15, -0.1) is 0 Å². The molecule has 1 heterocycles. The van der Waals surface area contributed by atoms with E-state index in [1.54, 1.807) is 23.1 Å². The van der Waals surface area contributed by atoms with Gasteiger partial charge in [0.25, 0.3) is 5.91 Å². The third-order valence-corrected chi connectivity index (χ3v) is 4.23. The van der Waals surface area contributed by atoms with E-state index in [0.29, 0.717) is 31.1 Å². The Kier molecular flexibility index (Phi) is 4.29. The Labute approximate surface area is 130 Å². The molecule has 1 aliphatic heterocycles. The number of rotatable bonds is 5. The van der Waals surface area contributed by atoms with Crippen molar-refractivity contribution in [3.05, 3.63) is 29.8 Å².